The second-order valence-corrected chi connectivity index (χ2v) is 5.42. The average molecular weight is 226 g/mol. The van der Waals surface area contributed by atoms with Gasteiger partial charge in [-0.2, -0.15) is 0 Å². The summed E-state index contributed by atoms with van der Waals surface area (Å²) in [7, 11) is 0. The number of carbonyl (C=O) groups is 1. The van der Waals surface area contributed by atoms with Gasteiger partial charge in [-0.05, 0) is 37.6 Å². The fourth-order valence-electron chi connectivity index (χ4n) is 2.36. The van der Waals surface area contributed by atoms with Crippen molar-refractivity contribution in [1.82, 2.24) is 5.32 Å². The average Bonchev–Trinajstić information content (AvgIpc) is 2.26. The topological polar surface area (TPSA) is 55.1 Å². The first kappa shape index (κ1) is 13.5. The van der Waals surface area contributed by atoms with Gasteiger partial charge in [0.25, 0.3) is 0 Å². The number of nitrogens with two attached hydrogens (primary N) is 1. The van der Waals surface area contributed by atoms with Crippen molar-refractivity contribution in [3.05, 3.63) is 0 Å². The highest BCUT2D eigenvalue weighted by Crippen LogP contribution is 2.23. The lowest BCUT2D eigenvalue weighted by atomic mass is 9.87. The van der Waals surface area contributed by atoms with Gasteiger partial charge < -0.3 is 11.1 Å². The van der Waals surface area contributed by atoms with Gasteiger partial charge in [-0.1, -0.05) is 26.7 Å². The molecule has 1 amide bonds. The first-order chi connectivity index (χ1) is 7.61. The first-order valence-corrected chi connectivity index (χ1v) is 6.61. The minimum Gasteiger partial charge on any atom is -0.353 e. The molecule has 0 aliphatic heterocycles. The van der Waals surface area contributed by atoms with Crippen molar-refractivity contribution in [1.29, 1.82) is 0 Å². The highest BCUT2D eigenvalue weighted by atomic mass is 16.1. The molecule has 3 heteroatoms. The van der Waals surface area contributed by atoms with E-state index in [1.54, 1.807) is 0 Å². The van der Waals surface area contributed by atoms with E-state index in [0.717, 1.165) is 25.2 Å². The minimum atomic E-state index is 0.208. The molecule has 0 bridgehead atoms. The van der Waals surface area contributed by atoms with Gasteiger partial charge in [0.05, 0.1) is 0 Å². The molecule has 0 aromatic heterocycles. The monoisotopic (exact) mass is 226 g/mol. The highest BCUT2D eigenvalue weighted by Gasteiger charge is 2.20. The van der Waals surface area contributed by atoms with Crippen LogP contribution in [0.4, 0.5) is 0 Å². The van der Waals surface area contributed by atoms with Gasteiger partial charge in [0.1, 0.15) is 0 Å². The van der Waals surface area contributed by atoms with Crippen molar-refractivity contribution in [3.63, 3.8) is 0 Å². The maximum Gasteiger partial charge on any atom is 0.220 e. The maximum atomic E-state index is 11.7. The Kier molecular flexibility index (Phi) is 5.81. The molecule has 1 fully saturated rings. The molecule has 3 unspecified atom stereocenters. The number of rotatable bonds is 5. The van der Waals surface area contributed by atoms with Gasteiger partial charge in [-0.3, -0.25) is 4.79 Å². The zero-order valence-electron chi connectivity index (χ0n) is 10.7. The van der Waals surface area contributed by atoms with Gasteiger partial charge in [-0.15, -0.1) is 0 Å². The van der Waals surface area contributed by atoms with Crippen molar-refractivity contribution >= 4 is 5.91 Å². The molecule has 0 radical (unpaired) electrons. The van der Waals surface area contributed by atoms with Gasteiger partial charge in [0, 0.05) is 12.5 Å². The molecule has 0 aromatic carbocycles. The number of hydrogen-bond acceptors (Lipinski definition) is 2. The minimum absolute atomic E-state index is 0.208. The fraction of sp³-hybridized carbons (Fsp3) is 0.923. The summed E-state index contributed by atoms with van der Waals surface area (Å²) in [6.45, 7) is 5.04. The smallest absolute Gasteiger partial charge is 0.220 e. The molecule has 1 aliphatic rings. The van der Waals surface area contributed by atoms with Crippen molar-refractivity contribution in [3.8, 4) is 0 Å². The fourth-order valence-corrected chi connectivity index (χ4v) is 2.36. The summed E-state index contributed by atoms with van der Waals surface area (Å²) in [5.74, 6) is 1.43. The van der Waals surface area contributed by atoms with Crippen LogP contribution in [0.5, 0.6) is 0 Å². The second-order valence-electron chi connectivity index (χ2n) is 5.42. The largest absolute Gasteiger partial charge is 0.353 e. The molecule has 0 aromatic rings. The summed E-state index contributed by atoms with van der Waals surface area (Å²) in [6, 6.07) is 0.421. The molecule has 0 spiro atoms. The third kappa shape index (κ3) is 4.97. The van der Waals surface area contributed by atoms with Crippen LogP contribution < -0.4 is 11.1 Å². The van der Waals surface area contributed by atoms with Crippen LogP contribution in [0.1, 0.15) is 52.4 Å². The van der Waals surface area contributed by atoms with E-state index in [1.165, 1.54) is 12.8 Å². The molecular weight excluding hydrogens is 200 g/mol. The Bertz CT molecular complexity index is 218. The van der Waals surface area contributed by atoms with Crippen molar-refractivity contribution in [2.24, 2.45) is 17.6 Å². The molecule has 3 nitrogen and oxygen atoms in total. The van der Waals surface area contributed by atoms with Crippen LogP contribution in [0.3, 0.4) is 0 Å². The van der Waals surface area contributed by atoms with Crippen LogP contribution in [0.2, 0.25) is 0 Å². The van der Waals surface area contributed by atoms with Crippen LogP contribution in [-0.2, 0) is 4.79 Å². The molecule has 3 atom stereocenters. The summed E-state index contributed by atoms with van der Waals surface area (Å²) in [5.41, 5.74) is 5.53. The van der Waals surface area contributed by atoms with Crippen LogP contribution in [0.15, 0.2) is 0 Å². The number of carbonyl (C=O) groups excluding carboxylic acids is 1. The molecule has 16 heavy (non-hydrogen) atoms. The third-order valence-electron chi connectivity index (χ3n) is 3.57. The van der Waals surface area contributed by atoms with Crippen molar-refractivity contribution in [2.75, 3.05) is 6.54 Å². The normalized spacial score (nSPS) is 27.4. The lowest BCUT2D eigenvalue weighted by molar-refractivity contribution is -0.122. The van der Waals surface area contributed by atoms with E-state index < -0.39 is 0 Å². The zero-order valence-corrected chi connectivity index (χ0v) is 10.7. The number of nitrogens with one attached hydrogen (secondary N) is 1. The standard InChI is InChI=1S/C13H26N2O/c1-10-4-3-5-12(8-10)15-13(16)7-6-11(2)9-14/h10-12H,3-9,14H2,1-2H3,(H,15,16). The molecule has 0 heterocycles. The summed E-state index contributed by atoms with van der Waals surface area (Å²) >= 11 is 0. The molecule has 94 valence electrons. The Hall–Kier alpha value is -0.570. The van der Waals surface area contributed by atoms with Crippen LogP contribution in [-0.4, -0.2) is 18.5 Å². The Morgan fingerprint density at radius 1 is 1.50 bits per heavy atom. The Balaban J connectivity index is 2.18. The molecule has 3 N–H and O–H groups in total. The van der Waals surface area contributed by atoms with E-state index in [0.29, 0.717) is 24.9 Å². The Labute approximate surface area is 99.2 Å². The van der Waals surface area contributed by atoms with Gasteiger partial charge in [-0.25, -0.2) is 0 Å². The summed E-state index contributed by atoms with van der Waals surface area (Å²) in [4.78, 5) is 11.7. The predicted molar refractivity (Wildman–Crippen MR) is 67.0 cm³/mol. The van der Waals surface area contributed by atoms with Crippen molar-refractivity contribution in [2.45, 2.75) is 58.4 Å². The predicted octanol–water partition coefficient (Wildman–Crippen LogP) is 2.06. The van der Waals surface area contributed by atoms with Gasteiger partial charge in [0.15, 0.2) is 0 Å². The molecule has 0 saturated heterocycles. The lowest BCUT2D eigenvalue weighted by Crippen LogP contribution is -2.38. The van der Waals surface area contributed by atoms with E-state index in [9.17, 15) is 4.79 Å². The summed E-state index contributed by atoms with van der Waals surface area (Å²) in [5, 5.41) is 3.15. The number of amides is 1. The second kappa shape index (κ2) is 6.89. The van der Waals surface area contributed by atoms with E-state index in [2.05, 4.69) is 19.2 Å². The van der Waals surface area contributed by atoms with E-state index in [-0.39, 0.29) is 5.91 Å². The summed E-state index contributed by atoms with van der Waals surface area (Å²) < 4.78 is 0. The first-order valence-electron chi connectivity index (χ1n) is 6.61. The lowest BCUT2D eigenvalue weighted by Gasteiger charge is -2.27. The van der Waals surface area contributed by atoms with Crippen LogP contribution in [0.25, 0.3) is 0 Å². The van der Waals surface area contributed by atoms with Gasteiger partial charge in [0.2, 0.25) is 5.91 Å². The van der Waals surface area contributed by atoms with Gasteiger partial charge >= 0.3 is 0 Å². The third-order valence-corrected chi connectivity index (χ3v) is 3.57. The number of hydrogen-bond donors (Lipinski definition) is 2. The van der Waals surface area contributed by atoms with E-state index in [1.807, 2.05) is 0 Å². The maximum absolute atomic E-state index is 11.7. The molecule has 1 aliphatic carbocycles. The molecular formula is C13H26N2O. The molecule has 1 saturated carbocycles. The van der Waals surface area contributed by atoms with Crippen LogP contribution >= 0.6 is 0 Å². The zero-order chi connectivity index (χ0) is 12.0. The quantitative estimate of drug-likeness (QED) is 0.754. The Morgan fingerprint density at radius 3 is 2.88 bits per heavy atom. The van der Waals surface area contributed by atoms with Crippen LogP contribution in [0, 0.1) is 11.8 Å². The molecule has 1 rings (SSSR count). The summed E-state index contributed by atoms with van der Waals surface area (Å²) in [6.07, 6.45) is 6.41. The van der Waals surface area contributed by atoms with E-state index >= 15 is 0 Å². The van der Waals surface area contributed by atoms with E-state index in [4.69, 9.17) is 5.73 Å². The highest BCUT2D eigenvalue weighted by molar-refractivity contribution is 5.76. The van der Waals surface area contributed by atoms with Crippen molar-refractivity contribution < 1.29 is 4.79 Å². The Morgan fingerprint density at radius 2 is 2.25 bits per heavy atom. The SMILES string of the molecule is CC(CN)CCC(=O)NC1CCCC(C)C1.